The Morgan fingerprint density at radius 3 is 1.65 bits per heavy atom. The minimum Gasteiger partial charge on any atom is -0.398 e. The van der Waals surface area contributed by atoms with E-state index in [1.54, 1.807) is 19.1 Å². The average Bonchev–Trinajstić information content (AvgIpc) is 2.40. The summed E-state index contributed by atoms with van der Waals surface area (Å²) in [5.41, 5.74) is 11.4. The lowest BCUT2D eigenvalue weighted by Gasteiger charge is -2.02. The second-order valence-electron chi connectivity index (χ2n) is 4.53. The van der Waals surface area contributed by atoms with Gasteiger partial charge < -0.3 is 11.5 Å². The highest BCUT2D eigenvalue weighted by molar-refractivity contribution is 7.86. The molecule has 0 radical (unpaired) electrons. The number of nitrogen functional groups attached to an aromatic ring is 2. The maximum atomic E-state index is 10.7. The summed E-state index contributed by atoms with van der Waals surface area (Å²) < 4.78 is 59.7. The number of hydrogen-bond donors (Lipinski definition) is 4. The minimum atomic E-state index is -4.18. The number of anilines is 2. The maximum absolute atomic E-state index is 10.7. The third-order valence-corrected chi connectivity index (χ3v) is 4.48. The fourth-order valence-electron chi connectivity index (χ4n) is 1.58. The third kappa shape index (κ3) is 5.53. The summed E-state index contributed by atoms with van der Waals surface area (Å²) in [6.45, 7) is 1.72. The lowest BCUT2D eigenvalue weighted by Crippen LogP contribution is -2.03. The van der Waals surface area contributed by atoms with E-state index in [0.717, 1.165) is 5.56 Å². The second kappa shape index (κ2) is 6.96. The van der Waals surface area contributed by atoms with E-state index in [2.05, 4.69) is 0 Å². The van der Waals surface area contributed by atoms with Crippen LogP contribution in [0.1, 0.15) is 5.56 Å². The van der Waals surface area contributed by atoms with Crippen molar-refractivity contribution in [2.24, 2.45) is 0 Å². The number of para-hydroxylation sites is 1. The Kier molecular flexibility index (Phi) is 5.72. The molecule has 0 heterocycles. The number of nitrogens with two attached hydrogens (primary N) is 2. The highest BCUT2D eigenvalue weighted by atomic mass is 32.2. The van der Waals surface area contributed by atoms with E-state index >= 15 is 0 Å². The van der Waals surface area contributed by atoms with Crippen molar-refractivity contribution in [2.45, 2.75) is 16.7 Å². The van der Waals surface area contributed by atoms with E-state index in [1.807, 2.05) is 0 Å². The van der Waals surface area contributed by atoms with E-state index in [4.69, 9.17) is 20.6 Å². The van der Waals surface area contributed by atoms with Crippen molar-refractivity contribution in [3.63, 3.8) is 0 Å². The molecule has 2 aromatic carbocycles. The zero-order valence-corrected chi connectivity index (χ0v) is 13.7. The van der Waals surface area contributed by atoms with Crippen molar-refractivity contribution < 1.29 is 25.9 Å². The summed E-state index contributed by atoms with van der Waals surface area (Å²) in [6, 6.07) is 10.2. The summed E-state index contributed by atoms with van der Waals surface area (Å²) in [4.78, 5) is -0.484. The van der Waals surface area contributed by atoms with Gasteiger partial charge >= 0.3 is 0 Å². The first kappa shape index (κ1) is 18.9. The minimum absolute atomic E-state index is 0.0509. The van der Waals surface area contributed by atoms with Gasteiger partial charge in [-0.1, -0.05) is 18.2 Å². The Balaban J connectivity index is 0.000000231. The first-order valence-corrected chi connectivity index (χ1v) is 8.96. The van der Waals surface area contributed by atoms with Crippen LogP contribution in [0.5, 0.6) is 0 Å². The van der Waals surface area contributed by atoms with Gasteiger partial charge in [0.1, 0.15) is 9.79 Å². The number of hydrogen-bond acceptors (Lipinski definition) is 6. The molecule has 0 unspecified atom stereocenters. The lowest BCUT2D eigenvalue weighted by molar-refractivity contribution is 0.481. The van der Waals surface area contributed by atoms with Gasteiger partial charge in [-0.25, -0.2) is 0 Å². The molecular weight excluding hydrogens is 344 g/mol. The summed E-state index contributed by atoms with van der Waals surface area (Å²) in [5.74, 6) is 0. The maximum Gasteiger partial charge on any atom is 0.296 e. The Morgan fingerprint density at radius 2 is 1.26 bits per heavy atom. The van der Waals surface area contributed by atoms with Crippen LogP contribution in [0.2, 0.25) is 0 Å². The van der Waals surface area contributed by atoms with Gasteiger partial charge in [-0.3, -0.25) is 9.11 Å². The van der Waals surface area contributed by atoms with Crippen molar-refractivity contribution in [3.8, 4) is 0 Å². The van der Waals surface area contributed by atoms with Crippen LogP contribution in [-0.2, 0) is 20.2 Å². The van der Waals surface area contributed by atoms with Crippen molar-refractivity contribution in [2.75, 3.05) is 11.5 Å². The van der Waals surface area contributed by atoms with E-state index in [9.17, 15) is 16.8 Å². The molecule has 0 spiro atoms. The molecule has 0 aromatic heterocycles. The van der Waals surface area contributed by atoms with Crippen LogP contribution < -0.4 is 11.5 Å². The van der Waals surface area contributed by atoms with Gasteiger partial charge in [0.2, 0.25) is 0 Å². The smallest absolute Gasteiger partial charge is 0.296 e. The largest absolute Gasteiger partial charge is 0.398 e. The van der Waals surface area contributed by atoms with Crippen molar-refractivity contribution in [3.05, 3.63) is 48.0 Å². The van der Waals surface area contributed by atoms with Crippen molar-refractivity contribution >= 4 is 31.6 Å². The molecular formula is C13H16N2O6S2. The summed E-state index contributed by atoms with van der Waals surface area (Å²) in [5, 5.41) is 0. The molecule has 0 atom stereocenters. The normalized spacial score (nSPS) is 11.4. The van der Waals surface area contributed by atoms with Crippen LogP contribution in [0, 0.1) is 6.92 Å². The molecule has 0 saturated heterocycles. The molecule has 0 aliphatic carbocycles. The zero-order chi connectivity index (χ0) is 17.8. The monoisotopic (exact) mass is 360 g/mol. The van der Waals surface area contributed by atoms with E-state index < -0.39 is 20.2 Å². The predicted molar refractivity (Wildman–Crippen MR) is 86.1 cm³/mol. The van der Waals surface area contributed by atoms with Gasteiger partial charge in [-0.15, -0.1) is 0 Å². The number of aryl methyl sites for hydroxylation is 1. The summed E-state index contributed by atoms with van der Waals surface area (Å²) in [7, 11) is -8.34. The van der Waals surface area contributed by atoms with E-state index in [1.165, 1.54) is 30.3 Å². The molecule has 2 rings (SSSR count). The highest BCUT2D eigenvalue weighted by Gasteiger charge is 2.13. The summed E-state index contributed by atoms with van der Waals surface area (Å²) >= 11 is 0. The molecule has 126 valence electrons. The van der Waals surface area contributed by atoms with Crippen LogP contribution in [0.3, 0.4) is 0 Å². The predicted octanol–water partition coefficient (Wildman–Crippen LogP) is 1.34. The molecule has 0 bridgehead atoms. The number of benzene rings is 2. The van der Waals surface area contributed by atoms with Gasteiger partial charge in [0, 0.05) is 0 Å². The standard InChI is InChI=1S/C7H9NO3S.C6H7NO3S/c1-5-2-3-6(8)7(4-5)12(9,10)11;7-5-3-1-2-4-6(5)11(8,9)10/h2-4H,8H2,1H3,(H,9,10,11);1-4H,7H2,(H,8,9,10). The fourth-order valence-corrected chi connectivity index (χ4v) is 2.90. The summed E-state index contributed by atoms with van der Waals surface area (Å²) in [6.07, 6.45) is 0. The molecule has 23 heavy (non-hydrogen) atoms. The Morgan fingerprint density at radius 1 is 0.783 bits per heavy atom. The van der Waals surface area contributed by atoms with Crippen LogP contribution in [0.25, 0.3) is 0 Å². The Bertz CT molecular complexity index is 908. The lowest BCUT2D eigenvalue weighted by atomic mass is 10.2. The van der Waals surface area contributed by atoms with Crippen LogP contribution >= 0.6 is 0 Å². The molecule has 0 aliphatic heterocycles. The van der Waals surface area contributed by atoms with Crippen LogP contribution in [0.15, 0.2) is 52.3 Å². The zero-order valence-electron chi connectivity index (χ0n) is 12.0. The molecule has 6 N–H and O–H groups in total. The van der Waals surface area contributed by atoms with Crippen LogP contribution in [-0.4, -0.2) is 25.9 Å². The molecule has 10 heteroatoms. The first-order valence-electron chi connectivity index (χ1n) is 6.08. The van der Waals surface area contributed by atoms with Gasteiger partial charge in [0.25, 0.3) is 20.2 Å². The fraction of sp³-hybridized carbons (Fsp3) is 0.0769. The molecule has 0 amide bonds. The Labute approximate surface area is 134 Å². The molecule has 8 nitrogen and oxygen atoms in total. The molecule has 0 saturated carbocycles. The first-order chi connectivity index (χ1) is 10.4. The topological polar surface area (TPSA) is 161 Å². The van der Waals surface area contributed by atoms with Gasteiger partial charge in [0.05, 0.1) is 11.4 Å². The molecule has 0 fully saturated rings. The molecule has 2 aromatic rings. The van der Waals surface area contributed by atoms with E-state index in [0.29, 0.717) is 0 Å². The molecule has 0 aliphatic rings. The quantitative estimate of drug-likeness (QED) is 0.461. The van der Waals surface area contributed by atoms with Crippen LogP contribution in [0.4, 0.5) is 11.4 Å². The van der Waals surface area contributed by atoms with Crippen molar-refractivity contribution in [1.82, 2.24) is 0 Å². The third-order valence-electron chi connectivity index (χ3n) is 2.64. The van der Waals surface area contributed by atoms with E-state index in [-0.39, 0.29) is 21.2 Å². The number of rotatable bonds is 2. The van der Waals surface area contributed by atoms with Gasteiger partial charge in [-0.05, 0) is 36.8 Å². The Hall–Kier alpha value is -2.14. The SMILES string of the molecule is Cc1ccc(N)c(S(=O)(=O)O)c1.Nc1ccccc1S(=O)(=O)O. The van der Waals surface area contributed by atoms with Crippen molar-refractivity contribution in [1.29, 1.82) is 0 Å². The van der Waals surface area contributed by atoms with Gasteiger partial charge in [0.15, 0.2) is 0 Å². The average molecular weight is 360 g/mol. The second-order valence-corrected chi connectivity index (χ2v) is 7.31. The van der Waals surface area contributed by atoms with Gasteiger partial charge in [-0.2, -0.15) is 16.8 Å². The highest BCUT2D eigenvalue weighted by Crippen LogP contribution is 2.18.